The van der Waals surface area contributed by atoms with Crippen LogP contribution in [-0.2, 0) is 21.7 Å². The molecule has 8 nitrogen and oxygen atoms in total. The Labute approximate surface area is 360 Å². The molecule has 0 amide bonds. The number of benzene rings is 4. The van der Waals surface area contributed by atoms with E-state index in [1.165, 1.54) is 11.1 Å². The minimum Gasteiger partial charge on any atom is -0.507 e. The molecule has 1 fully saturated rings. The zero-order valence-corrected chi connectivity index (χ0v) is 38.2. The fraction of sp³-hybridized carbons (Fsp3) is 0.462. The van der Waals surface area contributed by atoms with Gasteiger partial charge in [-0.15, -0.1) is 0 Å². The van der Waals surface area contributed by atoms with E-state index in [1.54, 1.807) is 48.8 Å². The normalized spacial score (nSPS) is 16.9. The number of para-hydroxylation sites is 2. The highest BCUT2D eigenvalue weighted by Crippen LogP contribution is 2.39. The summed E-state index contributed by atoms with van der Waals surface area (Å²) in [7, 11) is 0. The molecule has 1 saturated carbocycles. The molecule has 1 aliphatic rings. The van der Waals surface area contributed by atoms with Crippen molar-refractivity contribution < 1.29 is 20.4 Å². The Morgan fingerprint density at radius 2 is 0.817 bits per heavy atom. The molecular formula is C52H70N4O4. The molecule has 2 atom stereocenters. The van der Waals surface area contributed by atoms with Gasteiger partial charge in [-0.1, -0.05) is 132 Å². The topological polar surface area (TPSA) is 130 Å². The van der Waals surface area contributed by atoms with Gasteiger partial charge in [0.2, 0.25) is 0 Å². The van der Waals surface area contributed by atoms with Crippen LogP contribution in [0, 0.1) is 0 Å². The summed E-state index contributed by atoms with van der Waals surface area (Å²) in [5.74, 6) is 1.07. The predicted octanol–water partition coefficient (Wildman–Crippen LogP) is 11.8. The Balaban J connectivity index is 0.000000331. The third-order valence-electron chi connectivity index (χ3n) is 10.8. The summed E-state index contributed by atoms with van der Waals surface area (Å²) in [6.45, 7) is 27.1. The summed E-state index contributed by atoms with van der Waals surface area (Å²) in [6, 6.07) is 22.6. The molecule has 8 heteroatoms. The minimum absolute atomic E-state index is 0.0378. The second-order valence-electron chi connectivity index (χ2n) is 20.1. The van der Waals surface area contributed by atoms with E-state index in [0.29, 0.717) is 35.7 Å². The van der Waals surface area contributed by atoms with Crippen LogP contribution in [0.1, 0.15) is 153 Å². The summed E-state index contributed by atoms with van der Waals surface area (Å²) >= 11 is 0. The summed E-state index contributed by atoms with van der Waals surface area (Å²) < 4.78 is 0. The lowest BCUT2D eigenvalue weighted by Gasteiger charge is -2.28. The molecule has 0 aromatic heterocycles. The van der Waals surface area contributed by atoms with Crippen molar-refractivity contribution in [3.63, 3.8) is 0 Å². The lowest BCUT2D eigenvalue weighted by molar-refractivity contribution is 0.389. The van der Waals surface area contributed by atoms with E-state index >= 15 is 0 Å². The first-order valence-corrected chi connectivity index (χ1v) is 21.3. The smallest absolute Gasteiger partial charge is 0.128 e. The number of rotatable bonds is 9. The van der Waals surface area contributed by atoms with Gasteiger partial charge in [0.1, 0.15) is 23.0 Å². The lowest BCUT2D eigenvalue weighted by atomic mass is 9.79. The number of phenolic OH excluding ortho intramolecular Hbond substituents is 4. The van der Waals surface area contributed by atoms with Gasteiger partial charge in [0.05, 0.1) is 25.2 Å². The van der Waals surface area contributed by atoms with Gasteiger partial charge in [0.25, 0.3) is 0 Å². The molecule has 4 N–H and O–H groups in total. The van der Waals surface area contributed by atoms with Crippen LogP contribution in [0.3, 0.4) is 0 Å². The van der Waals surface area contributed by atoms with Crippen molar-refractivity contribution in [1.29, 1.82) is 0 Å². The van der Waals surface area contributed by atoms with Crippen LogP contribution >= 0.6 is 0 Å². The van der Waals surface area contributed by atoms with Crippen molar-refractivity contribution >= 4 is 24.9 Å². The maximum Gasteiger partial charge on any atom is 0.128 e. The van der Waals surface area contributed by atoms with Crippen LogP contribution in [0.2, 0.25) is 0 Å². The first kappa shape index (κ1) is 47.4. The van der Waals surface area contributed by atoms with Crippen molar-refractivity contribution in [2.45, 2.75) is 143 Å². The highest BCUT2D eigenvalue weighted by Gasteiger charge is 2.28. The van der Waals surface area contributed by atoms with Crippen LogP contribution in [0.15, 0.2) is 92.8 Å². The molecule has 4 aromatic rings. The van der Waals surface area contributed by atoms with E-state index in [0.717, 1.165) is 47.9 Å². The van der Waals surface area contributed by atoms with Crippen molar-refractivity contribution in [3.05, 3.63) is 117 Å². The molecule has 60 heavy (non-hydrogen) atoms. The van der Waals surface area contributed by atoms with Crippen molar-refractivity contribution in [3.8, 4) is 23.0 Å². The van der Waals surface area contributed by atoms with E-state index in [2.05, 4.69) is 117 Å². The highest BCUT2D eigenvalue weighted by molar-refractivity contribution is 5.87. The molecule has 0 spiro atoms. The molecule has 0 bridgehead atoms. The Morgan fingerprint density at radius 1 is 0.467 bits per heavy atom. The van der Waals surface area contributed by atoms with Gasteiger partial charge in [-0.3, -0.25) is 20.0 Å². The summed E-state index contributed by atoms with van der Waals surface area (Å²) in [4.78, 5) is 18.4. The standard InChI is InChI=1S/C36H54N2O2.C16H16N2O2/c1-33(2,3)25-17-23(31(39)27(19-25)35(7,8)9)21-37-29-15-13-14-16-30(29)38-22-24-18-26(34(4,5)6)20-28(32(24)40)36(10,11)12;19-15-7-3-1-5-13(15)11-17-9-10-18-12-14-6-2-4-8-16(14)20/h17-22,29-30,39-40H,13-16H2,1-12H3;1-8,11-12,19-20H,9-10H2/b37-21+,38-22+;17-11+,18-12+. The highest BCUT2D eigenvalue weighted by atomic mass is 16.3. The molecule has 0 saturated heterocycles. The third-order valence-corrected chi connectivity index (χ3v) is 10.8. The second kappa shape index (κ2) is 19.9. The fourth-order valence-electron chi connectivity index (χ4n) is 6.95. The number of nitrogens with zero attached hydrogens (tertiary/aromatic N) is 4. The quantitative estimate of drug-likeness (QED) is 0.0990. The SMILES string of the molecule is CC(C)(C)c1cc(/C=N/C2CCCCC2/N=C/c2cc(C(C)(C)C)cc(C(C)(C)C)c2O)c(O)c(C(C)(C)C)c1.Oc1ccccc1/C=N/CC/N=C/c1ccccc1O. The van der Waals surface area contributed by atoms with Gasteiger partial charge in [-0.05, 0) is 82.0 Å². The van der Waals surface area contributed by atoms with Crippen molar-refractivity contribution in [1.82, 2.24) is 0 Å². The summed E-state index contributed by atoms with van der Waals surface area (Å²) in [6.07, 6.45) is 11.2. The van der Waals surface area contributed by atoms with Crippen LogP contribution in [0.25, 0.3) is 0 Å². The molecule has 5 rings (SSSR count). The zero-order valence-electron chi connectivity index (χ0n) is 38.2. The van der Waals surface area contributed by atoms with Gasteiger partial charge in [-0.25, -0.2) is 0 Å². The molecular weight excluding hydrogens is 745 g/mol. The maximum absolute atomic E-state index is 11.2. The second-order valence-corrected chi connectivity index (χ2v) is 20.1. The van der Waals surface area contributed by atoms with E-state index in [9.17, 15) is 20.4 Å². The number of hydrogen-bond acceptors (Lipinski definition) is 8. The Hall–Kier alpha value is -5.24. The van der Waals surface area contributed by atoms with Crippen molar-refractivity contribution in [2.75, 3.05) is 13.1 Å². The van der Waals surface area contributed by atoms with Crippen molar-refractivity contribution in [2.24, 2.45) is 20.0 Å². The van der Waals surface area contributed by atoms with E-state index in [-0.39, 0.29) is 45.2 Å². The monoisotopic (exact) mass is 815 g/mol. The summed E-state index contributed by atoms with van der Waals surface area (Å²) in [5, 5.41) is 41.5. The molecule has 322 valence electrons. The molecule has 0 aliphatic heterocycles. The Kier molecular flexibility index (Phi) is 15.7. The van der Waals surface area contributed by atoms with Crippen LogP contribution < -0.4 is 0 Å². The van der Waals surface area contributed by atoms with Gasteiger partial charge in [0, 0.05) is 58.2 Å². The molecule has 0 radical (unpaired) electrons. The van der Waals surface area contributed by atoms with E-state index < -0.39 is 0 Å². The third kappa shape index (κ3) is 13.4. The fourth-order valence-corrected chi connectivity index (χ4v) is 6.95. The molecule has 4 aromatic carbocycles. The minimum atomic E-state index is -0.179. The molecule has 0 heterocycles. The molecule has 2 unspecified atom stereocenters. The Morgan fingerprint density at radius 3 is 1.13 bits per heavy atom. The van der Waals surface area contributed by atoms with Gasteiger partial charge in [-0.2, -0.15) is 0 Å². The average molecular weight is 815 g/mol. The van der Waals surface area contributed by atoms with Gasteiger partial charge >= 0.3 is 0 Å². The predicted molar refractivity (Wildman–Crippen MR) is 253 cm³/mol. The maximum atomic E-state index is 11.2. The van der Waals surface area contributed by atoms with Crippen LogP contribution in [-0.4, -0.2) is 70.5 Å². The number of hydrogen-bond donors (Lipinski definition) is 4. The van der Waals surface area contributed by atoms with E-state index in [1.807, 2.05) is 24.6 Å². The number of aromatic hydroxyl groups is 4. The zero-order chi connectivity index (χ0) is 44.5. The number of phenols is 4. The van der Waals surface area contributed by atoms with Gasteiger partial charge < -0.3 is 20.4 Å². The van der Waals surface area contributed by atoms with Crippen LogP contribution in [0.5, 0.6) is 23.0 Å². The summed E-state index contributed by atoms with van der Waals surface area (Å²) in [5.41, 5.74) is 6.78. The number of aliphatic imine (C=N–C) groups is 4. The van der Waals surface area contributed by atoms with E-state index in [4.69, 9.17) is 9.98 Å². The Bertz CT molecular complexity index is 2020. The first-order valence-electron chi connectivity index (χ1n) is 21.3. The van der Waals surface area contributed by atoms with Crippen LogP contribution in [0.4, 0.5) is 0 Å². The largest absolute Gasteiger partial charge is 0.507 e. The average Bonchev–Trinajstić information content (AvgIpc) is 3.15. The lowest BCUT2D eigenvalue weighted by Crippen LogP contribution is -2.27. The molecule has 1 aliphatic carbocycles. The first-order chi connectivity index (χ1) is 28.0. The van der Waals surface area contributed by atoms with Gasteiger partial charge in [0.15, 0.2) is 0 Å².